The van der Waals surface area contributed by atoms with Gasteiger partial charge >= 0.3 is 5.97 Å². The van der Waals surface area contributed by atoms with E-state index in [0.29, 0.717) is 31.4 Å². The fourth-order valence-corrected chi connectivity index (χ4v) is 4.52. The van der Waals surface area contributed by atoms with Crippen LogP contribution < -0.4 is 10.5 Å². The molecular formula is C30H28N2O5. The second-order valence-corrected chi connectivity index (χ2v) is 8.68. The standard InChI is InChI=1S/C30H28N2O5/c1-3-35-29(33)15-21-14-19(17-34-2)10-11-26(21)36-18-20-6-4-9-27-25(20)16-28(37-27)23-7-5-8-24-22(23)12-13-32-30(24)31/h4-14,16H,3,15,17-18H2,1-2H3,(H2,31,32). The van der Waals surface area contributed by atoms with Gasteiger partial charge in [0, 0.05) is 40.8 Å². The number of anilines is 1. The van der Waals surface area contributed by atoms with Gasteiger partial charge in [0.05, 0.1) is 19.6 Å². The predicted octanol–water partition coefficient (Wildman–Crippen LogP) is 6.06. The number of furan rings is 1. The van der Waals surface area contributed by atoms with Crippen molar-refractivity contribution in [1.82, 2.24) is 4.98 Å². The molecule has 0 atom stereocenters. The van der Waals surface area contributed by atoms with Crippen molar-refractivity contribution in [1.29, 1.82) is 0 Å². The Kier molecular flexibility index (Phi) is 7.05. The molecule has 2 N–H and O–H groups in total. The van der Waals surface area contributed by atoms with Crippen molar-refractivity contribution >= 4 is 33.5 Å². The lowest BCUT2D eigenvalue weighted by Gasteiger charge is -2.13. The van der Waals surface area contributed by atoms with Crippen LogP contribution in [0.2, 0.25) is 0 Å². The zero-order valence-electron chi connectivity index (χ0n) is 20.8. The van der Waals surface area contributed by atoms with Crippen LogP contribution >= 0.6 is 0 Å². The molecule has 188 valence electrons. The van der Waals surface area contributed by atoms with Crippen molar-refractivity contribution in [3.63, 3.8) is 0 Å². The number of benzene rings is 3. The Morgan fingerprint density at radius 2 is 1.81 bits per heavy atom. The molecule has 5 rings (SSSR count). The molecule has 0 aliphatic rings. The first-order valence-corrected chi connectivity index (χ1v) is 12.1. The molecule has 0 saturated heterocycles. The average Bonchev–Trinajstić information content (AvgIpc) is 3.33. The molecule has 0 amide bonds. The molecule has 37 heavy (non-hydrogen) atoms. The van der Waals surface area contributed by atoms with E-state index in [0.717, 1.165) is 49.8 Å². The van der Waals surface area contributed by atoms with Gasteiger partial charge in [-0.25, -0.2) is 4.98 Å². The summed E-state index contributed by atoms with van der Waals surface area (Å²) < 4.78 is 22.9. The predicted molar refractivity (Wildman–Crippen MR) is 143 cm³/mol. The quantitative estimate of drug-likeness (QED) is 0.248. The van der Waals surface area contributed by atoms with Gasteiger partial charge in [-0.3, -0.25) is 4.79 Å². The van der Waals surface area contributed by atoms with Gasteiger partial charge in [-0.2, -0.15) is 0 Å². The third-order valence-corrected chi connectivity index (χ3v) is 6.21. The van der Waals surface area contributed by atoms with E-state index in [-0.39, 0.29) is 12.4 Å². The SMILES string of the molecule is CCOC(=O)Cc1cc(COC)ccc1OCc1cccc2oc(-c3cccc4c(N)nccc34)cc12. The maximum atomic E-state index is 12.2. The number of nitrogens with two attached hydrogens (primary N) is 1. The summed E-state index contributed by atoms with van der Waals surface area (Å²) in [7, 11) is 1.64. The number of pyridine rings is 1. The largest absolute Gasteiger partial charge is 0.489 e. The van der Waals surface area contributed by atoms with E-state index >= 15 is 0 Å². The summed E-state index contributed by atoms with van der Waals surface area (Å²) in [5.41, 5.74) is 10.5. The molecule has 3 aromatic carbocycles. The number of fused-ring (bicyclic) bond motifs is 2. The first-order chi connectivity index (χ1) is 18.1. The second kappa shape index (κ2) is 10.7. The van der Waals surface area contributed by atoms with Gasteiger partial charge < -0.3 is 24.4 Å². The monoisotopic (exact) mass is 496 g/mol. The van der Waals surface area contributed by atoms with Crippen LogP contribution in [-0.2, 0) is 33.9 Å². The molecule has 0 radical (unpaired) electrons. The van der Waals surface area contributed by atoms with Crippen LogP contribution in [0.3, 0.4) is 0 Å². The first kappa shape index (κ1) is 24.3. The van der Waals surface area contributed by atoms with E-state index in [1.807, 2.05) is 66.7 Å². The number of carbonyl (C=O) groups excluding carboxylic acids is 1. The minimum Gasteiger partial charge on any atom is -0.489 e. The third-order valence-electron chi connectivity index (χ3n) is 6.21. The molecule has 2 heterocycles. The number of esters is 1. The minimum absolute atomic E-state index is 0.125. The second-order valence-electron chi connectivity index (χ2n) is 8.68. The average molecular weight is 497 g/mol. The summed E-state index contributed by atoms with van der Waals surface area (Å²) >= 11 is 0. The Morgan fingerprint density at radius 3 is 2.65 bits per heavy atom. The molecule has 0 spiro atoms. The Bertz CT molecular complexity index is 1570. The number of nitrogen functional groups attached to an aromatic ring is 1. The summed E-state index contributed by atoms with van der Waals surface area (Å²) in [6, 6.07) is 21.5. The van der Waals surface area contributed by atoms with Crippen molar-refractivity contribution < 1.29 is 23.4 Å². The zero-order chi connectivity index (χ0) is 25.8. The van der Waals surface area contributed by atoms with E-state index in [1.54, 1.807) is 20.2 Å². The van der Waals surface area contributed by atoms with Gasteiger partial charge in [-0.1, -0.05) is 36.4 Å². The van der Waals surface area contributed by atoms with Gasteiger partial charge in [0.2, 0.25) is 0 Å². The molecule has 0 unspecified atom stereocenters. The van der Waals surface area contributed by atoms with Crippen LogP contribution in [0.5, 0.6) is 5.75 Å². The topological polar surface area (TPSA) is 96.8 Å². The number of aromatic nitrogens is 1. The molecule has 5 aromatic rings. The fraction of sp³-hybridized carbons (Fsp3) is 0.200. The summed E-state index contributed by atoms with van der Waals surface area (Å²) in [6.45, 7) is 2.88. The van der Waals surface area contributed by atoms with Crippen LogP contribution in [-0.4, -0.2) is 24.7 Å². The summed E-state index contributed by atoms with van der Waals surface area (Å²) in [5.74, 6) is 1.56. The van der Waals surface area contributed by atoms with E-state index < -0.39 is 0 Å². The van der Waals surface area contributed by atoms with Crippen LogP contribution in [0, 0.1) is 0 Å². The molecule has 2 aromatic heterocycles. The lowest BCUT2D eigenvalue weighted by molar-refractivity contribution is -0.142. The highest BCUT2D eigenvalue weighted by molar-refractivity contribution is 6.01. The van der Waals surface area contributed by atoms with Gasteiger partial charge in [-0.15, -0.1) is 0 Å². The molecule has 0 saturated carbocycles. The van der Waals surface area contributed by atoms with E-state index in [2.05, 4.69) is 4.98 Å². The lowest BCUT2D eigenvalue weighted by Crippen LogP contribution is -2.09. The Balaban J connectivity index is 1.45. The summed E-state index contributed by atoms with van der Waals surface area (Å²) in [5, 5.41) is 2.82. The molecule has 0 aliphatic heterocycles. The first-order valence-electron chi connectivity index (χ1n) is 12.1. The van der Waals surface area contributed by atoms with Crippen molar-refractivity contribution in [3.05, 3.63) is 89.6 Å². The maximum Gasteiger partial charge on any atom is 0.310 e. The van der Waals surface area contributed by atoms with Crippen LogP contribution in [0.4, 0.5) is 5.82 Å². The third kappa shape index (κ3) is 5.13. The van der Waals surface area contributed by atoms with Crippen molar-refractivity contribution in [2.75, 3.05) is 19.5 Å². The summed E-state index contributed by atoms with van der Waals surface area (Å²) in [6.07, 6.45) is 1.83. The number of hydrogen-bond donors (Lipinski definition) is 1. The Labute approximate surface area is 214 Å². The zero-order valence-corrected chi connectivity index (χ0v) is 20.8. The summed E-state index contributed by atoms with van der Waals surface area (Å²) in [4.78, 5) is 16.4. The van der Waals surface area contributed by atoms with Crippen molar-refractivity contribution in [3.8, 4) is 17.1 Å². The van der Waals surface area contributed by atoms with Gasteiger partial charge in [0.1, 0.15) is 29.5 Å². The Hall–Kier alpha value is -4.36. The minimum atomic E-state index is -0.297. The molecule has 7 heteroatoms. The van der Waals surface area contributed by atoms with Crippen molar-refractivity contribution in [2.24, 2.45) is 0 Å². The maximum absolute atomic E-state index is 12.2. The van der Waals surface area contributed by atoms with Crippen LogP contribution in [0.1, 0.15) is 23.6 Å². The number of ether oxygens (including phenoxy) is 3. The van der Waals surface area contributed by atoms with Crippen LogP contribution in [0.15, 0.2) is 77.3 Å². The van der Waals surface area contributed by atoms with Gasteiger partial charge in [0.15, 0.2) is 0 Å². The number of hydrogen-bond acceptors (Lipinski definition) is 7. The molecular weight excluding hydrogens is 468 g/mol. The molecule has 0 bridgehead atoms. The molecule has 0 fully saturated rings. The molecule has 7 nitrogen and oxygen atoms in total. The molecule has 0 aliphatic carbocycles. The number of carbonyl (C=O) groups is 1. The highest BCUT2D eigenvalue weighted by atomic mass is 16.5. The lowest BCUT2D eigenvalue weighted by atomic mass is 10.0. The van der Waals surface area contributed by atoms with Crippen LogP contribution in [0.25, 0.3) is 33.1 Å². The van der Waals surface area contributed by atoms with Gasteiger partial charge in [0.25, 0.3) is 0 Å². The van der Waals surface area contributed by atoms with E-state index in [4.69, 9.17) is 24.4 Å². The number of nitrogens with zero attached hydrogens (tertiary/aromatic N) is 1. The van der Waals surface area contributed by atoms with Crippen molar-refractivity contribution in [2.45, 2.75) is 26.6 Å². The van der Waals surface area contributed by atoms with E-state index in [9.17, 15) is 4.79 Å². The smallest absolute Gasteiger partial charge is 0.310 e. The number of rotatable bonds is 9. The van der Waals surface area contributed by atoms with E-state index in [1.165, 1.54) is 0 Å². The highest BCUT2D eigenvalue weighted by Crippen LogP contribution is 2.35. The highest BCUT2D eigenvalue weighted by Gasteiger charge is 2.15. The normalized spacial score (nSPS) is 11.2. The Morgan fingerprint density at radius 1 is 0.946 bits per heavy atom. The van der Waals surface area contributed by atoms with Gasteiger partial charge in [-0.05, 0) is 48.2 Å². The fourth-order valence-electron chi connectivity index (χ4n) is 4.52. The number of methoxy groups -OCH3 is 1.